The molecule has 1 saturated carbocycles. The lowest BCUT2D eigenvalue weighted by molar-refractivity contribution is -0.153. The average Bonchev–Trinajstić information content (AvgIpc) is 2.87. The topological polar surface area (TPSA) is 168 Å². The molecule has 11 heteroatoms. The Labute approximate surface area is 233 Å². The number of phenolic OH excluding ortho intramolecular Hbond substituents is 1. The molecule has 40 heavy (non-hydrogen) atoms. The average molecular weight is 555 g/mol. The number of piperidine rings is 1. The number of hydrogen-bond acceptors (Lipinski definition) is 10. The van der Waals surface area contributed by atoms with E-state index in [1.807, 2.05) is 25.1 Å². The number of carbonyl (C=O) groups excluding carboxylic acids is 3. The maximum Gasteiger partial charge on any atom is 0.255 e. The summed E-state index contributed by atoms with van der Waals surface area (Å²) in [6.07, 6.45) is 3.62. The number of nitrogens with zero attached hydrogens (tertiary/aromatic N) is 3. The molecule has 1 aromatic rings. The van der Waals surface area contributed by atoms with Gasteiger partial charge in [-0.1, -0.05) is 6.42 Å². The van der Waals surface area contributed by atoms with Crippen molar-refractivity contribution in [3.8, 4) is 5.75 Å². The van der Waals surface area contributed by atoms with E-state index in [0.29, 0.717) is 17.7 Å². The molecule has 6 N–H and O–H groups in total. The van der Waals surface area contributed by atoms with Crippen molar-refractivity contribution < 1.29 is 34.8 Å². The Hall–Kier alpha value is -3.41. The highest BCUT2D eigenvalue weighted by Crippen LogP contribution is 2.54. The van der Waals surface area contributed by atoms with Crippen molar-refractivity contribution in [3.05, 3.63) is 39.7 Å². The number of amides is 1. The summed E-state index contributed by atoms with van der Waals surface area (Å²) in [6, 6.07) is 0.814. The van der Waals surface area contributed by atoms with Crippen LogP contribution in [-0.2, 0) is 27.3 Å². The Kier molecular flexibility index (Phi) is 6.96. The summed E-state index contributed by atoms with van der Waals surface area (Å²) >= 11 is 0. The third-order valence-electron chi connectivity index (χ3n) is 9.10. The monoisotopic (exact) mass is 554 g/mol. The quantitative estimate of drug-likeness (QED) is 0.331. The molecular formula is C29H38N4O7. The molecule has 0 spiro atoms. The lowest BCUT2D eigenvalue weighted by Crippen LogP contribution is -2.65. The summed E-state index contributed by atoms with van der Waals surface area (Å²) < 4.78 is 0. The van der Waals surface area contributed by atoms with E-state index in [0.717, 1.165) is 38.0 Å². The normalized spacial score (nSPS) is 28.9. The molecule has 1 aliphatic heterocycles. The van der Waals surface area contributed by atoms with Crippen molar-refractivity contribution >= 4 is 28.9 Å². The van der Waals surface area contributed by atoms with Gasteiger partial charge in [-0.25, -0.2) is 0 Å². The van der Waals surface area contributed by atoms with Crippen LogP contribution in [0.15, 0.2) is 23.0 Å². The van der Waals surface area contributed by atoms with Gasteiger partial charge in [-0.3, -0.25) is 24.2 Å². The number of aromatic hydroxyl groups is 1. The number of likely N-dealkylation sites (tertiary alicyclic amines) is 1. The van der Waals surface area contributed by atoms with Gasteiger partial charge in [0.25, 0.3) is 5.91 Å². The van der Waals surface area contributed by atoms with Crippen LogP contribution >= 0.6 is 0 Å². The molecule has 5 rings (SSSR count). The van der Waals surface area contributed by atoms with E-state index in [-0.39, 0.29) is 29.7 Å². The van der Waals surface area contributed by atoms with Crippen molar-refractivity contribution in [2.24, 2.45) is 17.6 Å². The van der Waals surface area contributed by atoms with Gasteiger partial charge in [0.1, 0.15) is 22.8 Å². The van der Waals surface area contributed by atoms with Crippen molar-refractivity contribution in [1.29, 1.82) is 0 Å². The van der Waals surface area contributed by atoms with Crippen LogP contribution in [0.4, 0.5) is 5.69 Å². The first-order valence-corrected chi connectivity index (χ1v) is 13.7. The number of nitrogens with two attached hydrogens (primary N) is 1. The highest BCUT2D eigenvalue weighted by molar-refractivity contribution is 6.24. The highest BCUT2D eigenvalue weighted by Gasteiger charge is 2.64. The van der Waals surface area contributed by atoms with Crippen LogP contribution in [0.3, 0.4) is 0 Å². The first-order chi connectivity index (χ1) is 18.8. The smallest absolute Gasteiger partial charge is 0.255 e. The fourth-order valence-electron chi connectivity index (χ4n) is 7.22. The summed E-state index contributed by atoms with van der Waals surface area (Å²) in [4.78, 5) is 45.1. The van der Waals surface area contributed by atoms with E-state index >= 15 is 0 Å². The minimum absolute atomic E-state index is 0.0644. The number of phenols is 1. The molecule has 4 atom stereocenters. The summed E-state index contributed by atoms with van der Waals surface area (Å²) in [7, 11) is 6.90. The zero-order valence-corrected chi connectivity index (χ0v) is 23.4. The number of aliphatic hydroxyl groups excluding tert-OH is 2. The first kappa shape index (κ1) is 28.1. The van der Waals surface area contributed by atoms with Crippen molar-refractivity contribution in [3.63, 3.8) is 0 Å². The van der Waals surface area contributed by atoms with E-state index in [4.69, 9.17) is 5.73 Å². The second-order valence-electron chi connectivity index (χ2n) is 11.9. The molecule has 1 saturated heterocycles. The molecule has 2 fully saturated rings. The predicted octanol–water partition coefficient (Wildman–Crippen LogP) is 1.02. The van der Waals surface area contributed by atoms with Gasteiger partial charge in [-0.15, -0.1) is 0 Å². The zero-order valence-electron chi connectivity index (χ0n) is 23.4. The van der Waals surface area contributed by atoms with Crippen LogP contribution in [-0.4, -0.2) is 101 Å². The molecule has 0 bridgehead atoms. The molecule has 0 radical (unpaired) electrons. The number of ketones is 2. The van der Waals surface area contributed by atoms with Gasteiger partial charge >= 0.3 is 0 Å². The molecule has 216 valence electrons. The molecule has 1 heterocycles. The fourth-order valence-corrected chi connectivity index (χ4v) is 7.22. The number of aliphatic hydroxyl groups is 3. The number of Topliss-reactive ketones (excluding diaryl/α,β-unsaturated/α-hetero) is 2. The SMILES string of the molecule is CN(C)c1cc(CN2CCCCC2)c(O)c2c1C[C@H]1C[C@@H]3[C@H](N(C)C)C(=O)C(C(N)=O)=C(O)[C@@]3(O)C(=O)C1=C2O. The van der Waals surface area contributed by atoms with Crippen LogP contribution in [0.25, 0.3) is 5.76 Å². The summed E-state index contributed by atoms with van der Waals surface area (Å²) in [5.41, 5.74) is 4.00. The third kappa shape index (κ3) is 4.02. The highest BCUT2D eigenvalue weighted by atomic mass is 16.3. The Morgan fingerprint density at radius 3 is 2.33 bits per heavy atom. The van der Waals surface area contributed by atoms with Crippen molar-refractivity contribution in [2.45, 2.75) is 50.3 Å². The maximum atomic E-state index is 14.1. The molecule has 4 aliphatic rings. The van der Waals surface area contributed by atoms with Crippen LogP contribution in [0, 0.1) is 11.8 Å². The molecule has 0 aromatic heterocycles. The van der Waals surface area contributed by atoms with Gasteiger partial charge < -0.3 is 31.1 Å². The van der Waals surface area contributed by atoms with Crippen LogP contribution in [0.2, 0.25) is 0 Å². The summed E-state index contributed by atoms with van der Waals surface area (Å²) in [5, 5.41) is 45.9. The number of benzene rings is 1. The van der Waals surface area contributed by atoms with Gasteiger partial charge in [0.05, 0.1) is 11.6 Å². The van der Waals surface area contributed by atoms with E-state index in [9.17, 15) is 34.8 Å². The third-order valence-corrected chi connectivity index (χ3v) is 9.10. The lowest BCUT2D eigenvalue weighted by Gasteiger charge is -2.50. The Bertz CT molecular complexity index is 1360. The minimum atomic E-state index is -2.64. The van der Waals surface area contributed by atoms with E-state index < -0.39 is 58.0 Å². The number of primary amides is 1. The van der Waals surface area contributed by atoms with Gasteiger partial charge in [0, 0.05) is 43.4 Å². The number of anilines is 1. The molecular weight excluding hydrogens is 516 g/mol. The number of rotatable bonds is 5. The summed E-state index contributed by atoms with van der Waals surface area (Å²) in [5.74, 6) is -6.38. The molecule has 11 nitrogen and oxygen atoms in total. The van der Waals surface area contributed by atoms with E-state index in [1.165, 1.54) is 4.90 Å². The van der Waals surface area contributed by atoms with Crippen LogP contribution < -0.4 is 10.6 Å². The first-order valence-electron chi connectivity index (χ1n) is 13.7. The summed E-state index contributed by atoms with van der Waals surface area (Å²) in [6.45, 7) is 2.27. The van der Waals surface area contributed by atoms with Crippen LogP contribution in [0.1, 0.15) is 42.4 Å². The number of fused-ring (bicyclic) bond motifs is 3. The second-order valence-corrected chi connectivity index (χ2v) is 11.9. The standard InChI is InChI=1S/C29H38N4O7/c1-31(2)18-12-15(13-33-8-6-5-7-9-33)23(34)20-16(18)10-14-11-17-22(32(3)4)25(36)21(28(30)39)27(38)29(17,40)26(37)19(14)24(20)35/h12,14,17,22,34-35,38,40H,5-11,13H2,1-4H3,(H2,30,39)/t14-,17+,22-,29-/m0/s1. The Balaban J connectivity index is 1.69. The Morgan fingerprint density at radius 2 is 1.75 bits per heavy atom. The lowest BCUT2D eigenvalue weighted by atomic mass is 9.57. The van der Waals surface area contributed by atoms with E-state index in [2.05, 4.69) is 4.90 Å². The molecule has 1 amide bonds. The van der Waals surface area contributed by atoms with Crippen LogP contribution in [0.5, 0.6) is 5.75 Å². The molecule has 0 unspecified atom stereocenters. The zero-order chi connectivity index (χ0) is 29.3. The van der Waals surface area contributed by atoms with Crippen molar-refractivity contribution in [2.75, 3.05) is 46.2 Å². The maximum absolute atomic E-state index is 14.1. The fraction of sp³-hybridized carbons (Fsp3) is 0.552. The second kappa shape index (κ2) is 9.90. The van der Waals surface area contributed by atoms with Crippen molar-refractivity contribution in [1.82, 2.24) is 9.80 Å². The largest absolute Gasteiger partial charge is 0.508 e. The predicted molar refractivity (Wildman–Crippen MR) is 148 cm³/mol. The van der Waals surface area contributed by atoms with Gasteiger partial charge in [0.15, 0.2) is 11.4 Å². The number of carbonyl (C=O) groups is 3. The van der Waals surface area contributed by atoms with Gasteiger partial charge in [-0.2, -0.15) is 0 Å². The minimum Gasteiger partial charge on any atom is -0.508 e. The van der Waals surface area contributed by atoms with E-state index in [1.54, 1.807) is 14.1 Å². The van der Waals surface area contributed by atoms with Gasteiger partial charge in [0.2, 0.25) is 5.78 Å². The number of hydrogen-bond donors (Lipinski definition) is 5. The number of likely N-dealkylation sites (N-methyl/N-ethyl adjacent to an activating group) is 1. The molecule has 3 aliphatic carbocycles. The molecule has 1 aromatic carbocycles. The Morgan fingerprint density at radius 1 is 1.10 bits per heavy atom. The van der Waals surface area contributed by atoms with Gasteiger partial charge in [-0.05, 0) is 70.4 Å².